The maximum absolute atomic E-state index is 10.7. The third-order valence-corrected chi connectivity index (χ3v) is 2.06. The number of carboxylic acid groups (broad SMARTS) is 1. The number of hydrogen-bond donors (Lipinski definition) is 2. The van der Waals surface area contributed by atoms with Crippen molar-refractivity contribution >= 4 is 12.1 Å². The number of amides is 1. The van der Waals surface area contributed by atoms with Gasteiger partial charge in [-0.05, 0) is 0 Å². The molecule has 1 fully saturated rings. The van der Waals surface area contributed by atoms with E-state index >= 15 is 0 Å². The summed E-state index contributed by atoms with van der Waals surface area (Å²) in [7, 11) is 0. The molecule has 1 aromatic rings. The molecule has 1 saturated heterocycles. The summed E-state index contributed by atoms with van der Waals surface area (Å²) in [5, 5.41) is 18.5. The van der Waals surface area contributed by atoms with E-state index in [-0.39, 0.29) is 12.5 Å². The van der Waals surface area contributed by atoms with Gasteiger partial charge in [-0.2, -0.15) is 0 Å². The molecule has 2 heterocycles. The van der Waals surface area contributed by atoms with Crippen LogP contribution in [0.3, 0.4) is 0 Å². The molecule has 1 aromatic heterocycles. The topological polar surface area (TPSA) is 106 Å². The zero-order valence-corrected chi connectivity index (χ0v) is 8.29. The average molecular weight is 226 g/mol. The summed E-state index contributed by atoms with van der Waals surface area (Å²) in [6.45, 7) is 0.790. The summed E-state index contributed by atoms with van der Waals surface area (Å²) < 4.78 is 6.36. The highest BCUT2D eigenvalue weighted by atomic mass is 16.6. The minimum Gasteiger partial charge on any atom is -0.481 e. The predicted octanol–water partition coefficient (Wildman–Crippen LogP) is -0.986. The monoisotopic (exact) mass is 226 g/mol. The SMILES string of the molecule is O=C(O)Cc1cn(C[C@@H]2CNC(=O)O2)nn1. The number of carbonyl (C=O) groups is 2. The maximum Gasteiger partial charge on any atom is 0.407 e. The van der Waals surface area contributed by atoms with Gasteiger partial charge in [0.2, 0.25) is 0 Å². The number of nitrogens with zero attached hydrogens (tertiary/aromatic N) is 3. The Morgan fingerprint density at radius 1 is 1.75 bits per heavy atom. The first-order valence-electron chi connectivity index (χ1n) is 4.69. The molecule has 0 spiro atoms. The van der Waals surface area contributed by atoms with E-state index in [1.54, 1.807) is 0 Å². The molecule has 0 bridgehead atoms. The van der Waals surface area contributed by atoms with Crippen molar-refractivity contribution in [2.24, 2.45) is 0 Å². The van der Waals surface area contributed by atoms with Crippen LogP contribution in [0, 0.1) is 0 Å². The number of aromatic nitrogens is 3. The van der Waals surface area contributed by atoms with Gasteiger partial charge in [0.25, 0.3) is 0 Å². The Bertz CT molecular complexity index is 416. The van der Waals surface area contributed by atoms with Gasteiger partial charge in [-0.25, -0.2) is 9.48 Å². The van der Waals surface area contributed by atoms with E-state index in [4.69, 9.17) is 9.84 Å². The van der Waals surface area contributed by atoms with Gasteiger partial charge in [-0.3, -0.25) is 4.79 Å². The lowest BCUT2D eigenvalue weighted by atomic mass is 10.3. The van der Waals surface area contributed by atoms with E-state index in [9.17, 15) is 9.59 Å². The van der Waals surface area contributed by atoms with Crippen LogP contribution in [-0.2, 0) is 22.5 Å². The molecule has 0 unspecified atom stereocenters. The Balaban J connectivity index is 1.92. The first-order valence-corrected chi connectivity index (χ1v) is 4.69. The van der Waals surface area contributed by atoms with E-state index < -0.39 is 12.1 Å². The molecule has 2 N–H and O–H groups in total. The van der Waals surface area contributed by atoms with Gasteiger partial charge in [0.1, 0.15) is 6.10 Å². The van der Waals surface area contributed by atoms with E-state index in [0.717, 1.165) is 0 Å². The first-order chi connectivity index (χ1) is 7.63. The Morgan fingerprint density at radius 3 is 3.19 bits per heavy atom. The summed E-state index contributed by atoms with van der Waals surface area (Å²) in [6, 6.07) is 0. The van der Waals surface area contributed by atoms with Crippen molar-refractivity contribution in [2.45, 2.75) is 19.1 Å². The summed E-state index contributed by atoms with van der Waals surface area (Å²) in [5.41, 5.74) is 0.379. The quantitative estimate of drug-likeness (QED) is 0.683. The highest BCUT2D eigenvalue weighted by Gasteiger charge is 2.23. The highest BCUT2D eigenvalue weighted by Crippen LogP contribution is 2.03. The molecule has 1 atom stereocenters. The number of cyclic esters (lactones) is 1. The molecule has 2 rings (SSSR count). The predicted molar refractivity (Wildman–Crippen MR) is 49.6 cm³/mol. The summed E-state index contributed by atoms with van der Waals surface area (Å²) in [4.78, 5) is 21.1. The third kappa shape index (κ3) is 2.47. The molecule has 1 amide bonds. The molecule has 1 aliphatic heterocycles. The van der Waals surface area contributed by atoms with E-state index in [1.165, 1.54) is 10.9 Å². The fourth-order valence-electron chi connectivity index (χ4n) is 1.41. The van der Waals surface area contributed by atoms with Crippen LogP contribution < -0.4 is 5.32 Å². The van der Waals surface area contributed by atoms with Crippen LogP contribution in [0.5, 0.6) is 0 Å². The summed E-state index contributed by atoms with van der Waals surface area (Å²) in [6.07, 6.45) is 0.631. The molecule has 1 aliphatic rings. The Kier molecular flexibility index (Phi) is 2.71. The zero-order chi connectivity index (χ0) is 11.5. The molecular weight excluding hydrogens is 216 g/mol. The van der Waals surface area contributed by atoms with Crippen LogP contribution in [0.4, 0.5) is 4.79 Å². The minimum atomic E-state index is -0.957. The number of ether oxygens (including phenoxy) is 1. The smallest absolute Gasteiger partial charge is 0.407 e. The van der Waals surface area contributed by atoms with E-state index in [2.05, 4.69) is 15.6 Å². The van der Waals surface area contributed by atoms with Crippen molar-refractivity contribution in [3.63, 3.8) is 0 Å². The van der Waals surface area contributed by atoms with Crippen LogP contribution in [-0.4, -0.2) is 44.8 Å². The molecule has 0 saturated carbocycles. The molecule has 8 heteroatoms. The van der Waals surface area contributed by atoms with Crippen molar-refractivity contribution in [2.75, 3.05) is 6.54 Å². The van der Waals surface area contributed by atoms with Crippen molar-refractivity contribution < 1.29 is 19.4 Å². The number of carbonyl (C=O) groups excluding carboxylic acids is 1. The van der Waals surface area contributed by atoms with Crippen molar-refractivity contribution in [1.29, 1.82) is 0 Å². The molecule has 0 aromatic carbocycles. The fourth-order valence-corrected chi connectivity index (χ4v) is 1.41. The highest BCUT2D eigenvalue weighted by molar-refractivity contribution is 5.69. The third-order valence-electron chi connectivity index (χ3n) is 2.06. The van der Waals surface area contributed by atoms with E-state index in [1.807, 2.05) is 0 Å². The lowest BCUT2D eigenvalue weighted by Gasteiger charge is -2.05. The van der Waals surface area contributed by atoms with Gasteiger partial charge in [0.15, 0.2) is 0 Å². The van der Waals surface area contributed by atoms with Gasteiger partial charge in [-0.1, -0.05) is 5.21 Å². The maximum atomic E-state index is 10.7. The fraction of sp³-hybridized carbons (Fsp3) is 0.500. The summed E-state index contributed by atoms with van der Waals surface area (Å²) >= 11 is 0. The van der Waals surface area contributed by atoms with Crippen LogP contribution in [0.15, 0.2) is 6.20 Å². The van der Waals surface area contributed by atoms with Crippen LogP contribution >= 0.6 is 0 Å². The second-order valence-corrected chi connectivity index (χ2v) is 3.41. The zero-order valence-electron chi connectivity index (χ0n) is 8.29. The number of carboxylic acids is 1. The number of alkyl carbamates (subject to hydrolysis) is 1. The second kappa shape index (κ2) is 4.17. The largest absolute Gasteiger partial charge is 0.481 e. The molecule has 16 heavy (non-hydrogen) atoms. The number of hydrogen-bond acceptors (Lipinski definition) is 5. The molecule has 8 nitrogen and oxygen atoms in total. The average Bonchev–Trinajstić information content (AvgIpc) is 2.76. The molecule has 0 radical (unpaired) electrons. The number of nitrogens with one attached hydrogen (secondary N) is 1. The van der Waals surface area contributed by atoms with Crippen molar-refractivity contribution in [3.8, 4) is 0 Å². The van der Waals surface area contributed by atoms with Gasteiger partial charge in [0, 0.05) is 6.20 Å². The molecular formula is C8H10N4O4. The molecule has 0 aliphatic carbocycles. The van der Waals surface area contributed by atoms with E-state index in [0.29, 0.717) is 18.8 Å². The Labute approximate surface area is 90.2 Å². The lowest BCUT2D eigenvalue weighted by Crippen LogP contribution is -2.20. The van der Waals surface area contributed by atoms with Crippen LogP contribution in [0.2, 0.25) is 0 Å². The van der Waals surface area contributed by atoms with Crippen LogP contribution in [0.25, 0.3) is 0 Å². The summed E-state index contributed by atoms with van der Waals surface area (Å²) in [5.74, 6) is -0.957. The van der Waals surface area contributed by atoms with Crippen molar-refractivity contribution in [3.05, 3.63) is 11.9 Å². The number of rotatable bonds is 4. The standard InChI is InChI=1S/C8H10N4O4/c13-7(14)1-5-3-12(11-10-5)4-6-2-9-8(15)16-6/h3,6H,1-2,4H2,(H,9,15)(H,13,14)/t6-/m0/s1. The van der Waals surface area contributed by atoms with Gasteiger partial charge in [0.05, 0.1) is 25.2 Å². The second-order valence-electron chi connectivity index (χ2n) is 3.41. The Hall–Kier alpha value is -2.12. The lowest BCUT2D eigenvalue weighted by molar-refractivity contribution is -0.136. The van der Waals surface area contributed by atoms with Gasteiger partial charge >= 0.3 is 12.1 Å². The molecule has 86 valence electrons. The van der Waals surface area contributed by atoms with Gasteiger partial charge in [-0.15, -0.1) is 5.10 Å². The first kappa shape index (κ1) is 10.4. The van der Waals surface area contributed by atoms with Crippen molar-refractivity contribution in [1.82, 2.24) is 20.3 Å². The van der Waals surface area contributed by atoms with Gasteiger partial charge < -0.3 is 15.2 Å². The Morgan fingerprint density at radius 2 is 2.56 bits per heavy atom. The van der Waals surface area contributed by atoms with Crippen LogP contribution in [0.1, 0.15) is 5.69 Å². The minimum absolute atomic E-state index is 0.164. The normalized spacial score (nSPS) is 19.2. The number of aliphatic carboxylic acids is 1.